The maximum atomic E-state index is 4.26. The molecule has 1 aliphatic rings. The third kappa shape index (κ3) is 0.941. The fraction of sp³-hybridized carbons (Fsp3) is 0.143. The third-order valence-corrected chi connectivity index (χ3v) is 3.87. The summed E-state index contributed by atoms with van der Waals surface area (Å²) < 4.78 is 2.68. The van der Waals surface area contributed by atoms with Gasteiger partial charge >= 0.3 is 0 Å². The molecule has 2 heterocycles. The van der Waals surface area contributed by atoms with Crippen LogP contribution in [-0.4, -0.2) is 14.8 Å². The lowest BCUT2D eigenvalue weighted by atomic mass is 10.4. The first-order chi connectivity index (χ1) is 4.86. The van der Waals surface area contributed by atoms with Crippen molar-refractivity contribution in [2.75, 3.05) is 0 Å². The zero-order valence-electron chi connectivity index (χ0n) is 5.56. The Kier molecular flexibility index (Phi) is 1.44. The number of rotatable bonds is 0. The minimum atomic E-state index is 0.0330. The first kappa shape index (κ1) is 6.27. The van der Waals surface area contributed by atoms with Crippen LogP contribution in [0.5, 0.6) is 0 Å². The molecule has 3 heteroatoms. The molecule has 0 aromatic carbocycles. The molecule has 0 saturated heterocycles. The average Bonchev–Trinajstić information content (AvgIpc) is 2.33. The largest absolute Gasteiger partial charge is 0.356 e. The second-order valence-corrected chi connectivity index (χ2v) is 5.28. The SMILES string of the molecule is CC1=Ic2[nH]ccc2C=N1. The summed E-state index contributed by atoms with van der Waals surface area (Å²) in [4.78, 5) is 7.49. The second kappa shape index (κ2) is 2.30. The van der Waals surface area contributed by atoms with Crippen LogP contribution in [0.15, 0.2) is 17.3 Å². The molecule has 2 rings (SSSR count). The highest BCUT2D eigenvalue weighted by Crippen LogP contribution is 2.19. The van der Waals surface area contributed by atoms with Gasteiger partial charge in [-0.1, -0.05) is 0 Å². The van der Waals surface area contributed by atoms with Gasteiger partial charge in [0.05, 0.1) is 7.33 Å². The van der Waals surface area contributed by atoms with E-state index in [1.165, 1.54) is 12.9 Å². The Morgan fingerprint density at radius 1 is 1.60 bits per heavy atom. The Labute approximate surface area is 69.1 Å². The van der Waals surface area contributed by atoms with Gasteiger partial charge in [0.1, 0.15) is 0 Å². The molecular formula is C7H7IN2. The van der Waals surface area contributed by atoms with Gasteiger partial charge in [0.25, 0.3) is 0 Å². The van der Waals surface area contributed by atoms with Gasteiger partial charge in [-0.25, -0.2) is 0 Å². The Morgan fingerprint density at radius 3 is 3.40 bits per heavy atom. The lowest BCUT2D eigenvalue weighted by Crippen LogP contribution is -1.93. The maximum absolute atomic E-state index is 4.26. The summed E-state index contributed by atoms with van der Waals surface area (Å²) in [5.41, 5.74) is 1.28. The zero-order chi connectivity index (χ0) is 6.97. The van der Waals surface area contributed by atoms with Crippen LogP contribution in [0, 0.1) is 3.70 Å². The highest BCUT2D eigenvalue weighted by molar-refractivity contribution is 14.2. The summed E-state index contributed by atoms with van der Waals surface area (Å²) in [5, 5.41) is 0. The monoisotopic (exact) mass is 246 g/mol. The van der Waals surface area contributed by atoms with Crippen LogP contribution in [0.4, 0.5) is 0 Å². The van der Waals surface area contributed by atoms with Crippen LogP contribution < -0.4 is 0 Å². The number of aromatic amines is 1. The number of H-pyrrole nitrogens is 1. The third-order valence-electron chi connectivity index (χ3n) is 1.34. The van der Waals surface area contributed by atoms with Gasteiger partial charge in [0.15, 0.2) is 0 Å². The molecule has 0 atom stereocenters. The van der Waals surface area contributed by atoms with Crippen molar-refractivity contribution in [1.82, 2.24) is 4.98 Å². The predicted octanol–water partition coefficient (Wildman–Crippen LogP) is 1.74. The van der Waals surface area contributed by atoms with Gasteiger partial charge in [-0.3, -0.25) is 4.99 Å². The summed E-state index contributed by atoms with van der Waals surface area (Å²) in [6.07, 6.45) is 3.92. The Bertz CT molecular complexity index is 309. The van der Waals surface area contributed by atoms with Crippen molar-refractivity contribution in [3.05, 3.63) is 21.5 Å². The molecule has 1 N–H and O–H groups in total. The molecular weight excluding hydrogens is 239 g/mol. The number of fused-ring (bicyclic) bond motifs is 1. The van der Waals surface area contributed by atoms with Crippen LogP contribution >= 0.6 is 20.7 Å². The second-order valence-electron chi connectivity index (χ2n) is 2.10. The van der Waals surface area contributed by atoms with Crippen LogP contribution in [0.1, 0.15) is 12.5 Å². The number of aromatic nitrogens is 1. The summed E-state index contributed by atoms with van der Waals surface area (Å²) in [7, 11) is 0. The summed E-state index contributed by atoms with van der Waals surface area (Å²) in [6, 6.07) is 2.07. The van der Waals surface area contributed by atoms with E-state index in [4.69, 9.17) is 0 Å². The molecule has 52 valence electrons. The number of halogens is 1. The summed E-state index contributed by atoms with van der Waals surface area (Å²) in [5.74, 6) is 0. The Morgan fingerprint density at radius 2 is 2.50 bits per heavy atom. The maximum Gasteiger partial charge on any atom is 0.0822 e. The van der Waals surface area contributed by atoms with Crippen LogP contribution in [-0.2, 0) is 0 Å². The number of aliphatic imine (C=N–C) groups is 1. The summed E-state index contributed by atoms with van der Waals surface area (Å²) >= 11 is 0.0330. The molecule has 0 unspecified atom stereocenters. The lowest BCUT2D eigenvalue weighted by Gasteiger charge is -1.98. The van der Waals surface area contributed by atoms with Gasteiger partial charge < -0.3 is 4.98 Å². The molecule has 2 nitrogen and oxygen atoms in total. The van der Waals surface area contributed by atoms with Crippen molar-refractivity contribution in [2.24, 2.45) is 4.99 Å². The van der Waals surface area contributed by atoms with Crippen molar-refractivity contribution < 1.29 is 0 Å². The van der Waals surface area contributed by atoms with E-state index in [-0.39, 0.29) is 20.7 Å². The van der Waals surface area contributed by atoms with Crippen LogP contribution in [0.3, 0.4) is 0 Å². The van der Waals surface area contributed by atoms with Gasteiger partial charge in [0, 0.05) is 18.0 Å². The van der Waals surface area contributed by atoms with E-state index in [0.717, 1.165) is 0 Å². The quantitative estimate of drug-likeness (QED) is 0.675. The van der Waals surface area contributed by atoms with E-state index in [9.17, 15) is 0 Å². The first-order valence-electron chi connectivity index (χ1n) is 3.06. The van der Waals surface area contributed by atoms with E-state index in [1.807, 2.05) is 12.4 Å². The Balaban J connectivity index is 2.62. The molecule has 0 aliphatic carbocycles. The highest BCUT2D eigenvalue weighted by Gasteiger charge is 2.02. The normalized spacial score (nSPS) is 15.5. The molecule has 0 spiro atoms. The zero-order valence-corrected chi connectivity index (χ0v) is 7.71. The molecule has 1 aromatic rings. The Hall–Kier alpha value is -0.450. The van der Waals surface area contributed by atoms with E-state index in [2.05, 4.69) is 23.0 Å². The molecule has 0 fully saturated rings. The molecule has 0 saturated carbocycles. The number of hydrogen-bond acceptors (Lipinski definition) is 1. The van der Waals surface area contributed by atoms with Crippen molar-refractivity contribution in [2.45, 2.75) is 6.92 Å². The molecule has 1 aliphatic heterocycles. The number of nitrogens with zero attached hydrogens (tertiary/aromatic N) is 1. The van der Waals surface area contributed by atoms with E-state index in [1.54, 1.807) is 0 Å². The molecule has 0 amide bonds. The fourth-order valence-electron chi connectivity index (χ4n) is 0.862. The topological polar surface area (TPSA) is 28.1 Å². The smallest absolute Gasteiger partial charge is 0.0822 e. The average molecular weight is 246 g/mol. The number of hydrogen-bond donors (Lipinski definition) is 1. The van der Waals surface area contributed by atoms with Gasteiger partial charge in [-0.05, 0) is 33.7 Å². The van der Waals surface area contributed by atoms with E-state index >= 15 is 0 Å². The number of nitrogens with one attached hydrogen (secondary N) is 1. The minimum absolute atomic E-state index is 0.0330. The molecule has 0 radical (unpaired) electrons. The van der Waals surface area contributed by atoms with Crippen molar-refractivity contribution in [1.29, 1.82) is 0 Å². The molecule has 1 aromatic heterocycles. The predicted molar refractivity (Wildman–Crippen MR) is 51.8 cm³/mol. The molecule has 10 heavy (non-hydrogen) atoms. The van der Waals surface area contributed by atoms with Gasteiger partial charge in [-0.2, -0.15) is 0 Å². The van der Waals surface area contributed by atoms with Crippen LogP contribution in [0.2, 0.25) is 0 Å². The summed E-state index contributed by atoms with van der Waals surface area (Å²) in [6.45, 7) is 2.09. The fourth-order valence-corrected chi connectivity index (χ4v) is 2.89. The van der Waals surface area contributed by atoms with Crippen molar-refractivity contribution in [3.63, 3.8) is 0 Å². The first-order valence-corrected chi connectivity index (χ1v) is 5.22. The van der Waals surface area contributed by atoms with E-state index < -0.39 is 0 Å². The van der Waals surface area contributed by atoms with Crippen molar-refractivity contribution >= 4 is 30.6 Å². The van der Waals surface area contributed by atoms with Gasteiger partial charge in [0.2, 0.25) is 0 Å². The standard InChI is InChI=1S/C7H7IN2/c1-5-8-7-6(4-10-5)2-3-9-7/h2-4,9H,1H3. The highest BCUT2D eigenvalue weighted by atomic mass is 127. The van der Waals surface area contributed by atoms with Crippen molar-refractivity contribution in [3.8, 4) is 0 Å². The van der Waals surface area contributed by atoms with Crippen LogP contribution in [0.25, 0.3) is 0 Å². The molecule has 0 bridgehead atoms. The van der Waals surface area contributed by atoms with E-state index in [0.29, 0.717) is 0 Å². The lowest BCUT2D eigenvalue weighted by molar-refractivity contribution is 1.35. The van der Waals surface area contributed by atoms with Gasteiger partial charge in [-0.15, -0.1) is 0 Å². The minimum Gasteiger partial charge on any atom is -0.356 e.